The third-order valence-electron chi connectivity index (χ3n) is 3.92. The first-order valence-corrected chi connectivity index (χ1v) is 6.98. The molecule has 0 atom stereocenters. The lowest BCUT2D eigenvalue weighted by Gasteiger charge is -2.07. The number of hydrogen-bond donors (Lipinski definition) is 1. The first kappa shape index (κ1) is 12.3. The molecular weight excluding hydrogens is 238 g/mol. The third kappa shape index (κ3) is 1.93. The topological polar surface area (TPSA) is 61.7 Å². The van der Waals surface area contributed by atoms with Crippen molar-refractivity contribution in [1.82, 2.24) is 19.3 Å². The second kappa shape index (κ2) is 4.40. The Kier molecular flexibility index (Phi) is 2.84. The van der Waals surface area contributed by atoms with Crippen molar-refractivity contribution >= 4 is 5.82 Å². The van der Waals surface area contributed by atoms with E-state index in [1.807, 2.05) is 17.9 Å². The second-order valence-electron chi connectivity index (χ2n) is 5.40. The van der Waals surface area contributed by atoms with Gasteiger partial charge in [0.1, 0.15) is 17.3 Å². The summed E-state index contributed by atoms with van der Waals surface area (Å²) in [5.41, 5.74) is 9.39. The van der Waals surface area contributed by atoms with Crippen LogP contribution in [0.3, 0.4) is 0 Å². The molecule has 102 valence electrons. The summed E-state index contributed by atoms with van der Waals surface area (Å²) in [6, 6.07) is 0. The zero-order chi connectivity index (χ0) is 13.6. The monoisotopic (exact) mass is 259 g/mol. The Labute approximate surface area is 113 Å². The van der Waals surface area contributed by atoms with Crippen molar-refractivity contribution in [3.8, 4) is 11.3 Å². The van der Waals surface area contributed by atoms with Gasteiger partial charge in [0.2, 0.25) is 0 Å². The molecule has 1 aliphatic rings. The normalized spacial score (nSPS) is 15.1. The number of imidazole rings is 1. The molecule has 2 N–H and O–H groups in total. The summed E-state index contributed by atoms with van der Waals surface area (Å²) in [5, 5.41) is 4.29. The Morgan fingerprint density at radius 1 is 1.42 bits per heavy atom. The van der Waals surface area contributed by atoms with Gasteiger partial charge in [-0.3, -0.25) is 4.68 Å². The molecular formula is C14H21N5. The van der Waals surface area contributed by atoms with Gasteiger partial charge in [-0.25, -0.2) is 4.98 Å². The van der Waals surface area contributed by atoms with E-state index in [1.165, 1.54) is 12.8 Å². The number of rotatable bonds is 4. The number of hydrogen-bond acceptors (Lipinski definition) is 3. The van der Waals surface area contributed by atoms with E-state index in [9.17, 15) is 0 Å². The standard InChI is InChI=1S/C14H21N5/c1-4-7-19-13(15)12(17-14(19)10-5-6-10)11-8-16-18(3)9(11)2/h8,10H,4-7,15H2,1-3H3. The second-order valence-corrected chi connectivity index (χ2v) is 5.40. The van der Waals surface area contributed by atoms with E-state index in [2.05, 4.69) is 23.5 Å². The van der Waals surface area contributed by atoms with Crippen LogP contribution in [-0.4, -0.2) is 19.3 Å². The highest BCUT2D eigenvalue weighted by Crippen LogP contribution is 2.42. The fraction of sp³-hybridized carbons (Fsp3) is 0.571. The number of anilines is 1. The van der Waals surface area contributed by atoms with Crippen molar-refractivity contribution in [2.75, 3.05) is 5.73 Å². The zero-order valence-corrected chi connectivity index (χ0v) is 11.8. The van der Waals surface area contributed by atoms with Crippen LogP contribution in [0.1, 0.15) is 43.6 Å². The molecule has 0 saturated heterocycles. The van der Waals surface area contributed by atoms with E-state index in [-0.39, 0.29) is 0 Å². The summed E-state index contributed by atoms with van der Waals surface area (Å²) in [6.45, 7) is 5.17. The van der Waals surface area contributed by atoms with Crippen LogP contribution in [0.5, 0.6) is 0 Å². The molecule has 2 aromatic heterocycles. The maximum absolute atomic E-state index is 6.33. The first-order valence-electron chi connectivity index (χ1n) is 6.98. The van der Waals surface area contributed by atoms with E-state index in [4.69, 9.17) is 10.7 Å². The first-order chi connectivity index (χ1) is 9.13. The smallest absolute Gasteiger partial charge is 0.131 e. The predicted octanol–water partition coefficient (Wildman–Crippen LogP) is 2.46. The average Bonchev–Trinajstić information content (AvgIpc) is 3.12. The lowest BCUT2D eigenvalue weighted by atomic mass is 10.2. The van der Waals surface area contributed by atoms with Crippen LogP contribution in [0.15, 0.2) is 6.20 Å². The highest BCUT2D eigenvalue weighted by molar-refractivity contribution is 5.72. The van der Waals surface area contributed by atoms with Crippen molar-refractivity contribution in [3.05, 3.63) is 17.7 Å². The fourth-order valence-corrected chi connectivity index (χ4v) is 2.52. The van der Waals surface area contributed by atoms with Crippen LogP contribution in [0, 0.1) is 6.92 Å². The van der Waals surface area contributed by atoms with Gasteiger partial charge in [0.15, 0.2) is 0 Å². The molecule has 0 radical (unpaired) electrons. The molecule has 5 heteroatoms. The molecule has 1 saturated carbocycles. The fourth-order valence-electron chi connectivity index (χ4n) is 2.52. The molecule has 0 unspecified atom stereocenters. The SMILES string of the molecule is CCCn1c(C2CC2)nc(-c2cnn(C)c2C)c1N. The minimum atomic E-state index is 0.611. The van der Waals surface area contributed by atoms with Gasteiger partial charge in [-0.1, -0.05) is 6.92 Å². The highest BCUT2D eigenvalue weighted by atomic mass is 15.3. The molecule has 0 bridgehead atoms. The van der Waals surface area contributed by atoms with Crippen LogP contribution in [0.25, 0.3) is 11.3 Å². The number of nitrogens with two attached hydrogens (primary N) is 1. The van der Waals surface area contributed by atoms with E-state index in [0.29, 0.717) is 5.92 Å². The summed E-state index contributed by atoms with van der Waals surface area (Å²) < 4.78 is 4.06. The van der Waals surface area contributed by atoms with Crippen LogP contribution in [0.4, 0.5) is 5.82 Å². The molecule has 5 nitrogen and oxygen atoms in total. The Morgan fingerprint density at radius 2 is 2.16 bits per heavy atom. The molecule has 1 aliphatic carbocycles. The average molecular weight is 259 g/mol. The maximum Gasteiger partial charge on any atom is 0.131 e. The van der Waals surface area contributed by atoms with Crippen molar-refractivity contribution in [3.63, 3.8) is 0 Å². The highest BCUT2D eigenvalue weighted by Gasteiger charge is 2.31. The van der Waals surface area contributed by atoms with Gasteiger partial charge in [-0.15, -0.1) is 0 Å². The number of nitrogen functional groups attached to an aromatic ring is 1. The van der Waals surface area contributed by atoms with Crippen LogP contribution < -0.4 is 5.73 Å². The van der Waals surface area contributed by atoms with Gasteiger partial charge < -0.3 is 10.3 Å². The van der Waals surface area contributed by atoms with Crippen LogP contribution in [0.2, 0.25) is 0 Å². The van der Waals surface area contributed by atoms with Gasteiger partial charge in [-0.05, 0) is 26.2 Å². The Balaban J connectivity index is 2.11. The molecule has 1 fully saturated rings. The molecule has 0 aromatic carbocycles. The molecule has 0 spiro atoms. The van der Waals surface area contributed by atoms with Gasteiger partial charge in [0, 0.05) is 30.8 Å². The number of aryl methyl sites for hydroxylation is 1. The summed E-state index contributed by atoms with van der Waals surface area (Å²) in [4.78, 5) is 4.82. The van der Waals surface area contributed by atoms with E-state index in [0.717, 1.165) is 41.6 Å². The largest absolute Gasteiger partial charge is 0.383 e. The van der Waals surface area contributed by atoms with Crippen molar-refractivity contribution in [2.24, 2.45) is 7.05 Å². The molecule has 19 heavy (non-hydrogen) atoms. The molecule has 2 heterocycles. The minimum Gasteiger partial charge on any atom is -0.383 e. The van der Waals surface area contributed by atoms with Gasteiger partial charge in [-0.2, -0.15) is 5.10 Å². The predicted molar refractivity (Wildman–Crippen MR) is 75.8 cm³/mol. The zero-order valence-electron chi connectivity index (χ0n) is 11.8. The molecule has 0 aliphatic heterocycles. The van der Waals surface area contributed by atoms with Gasteiger partial charge in [0.05, 0.1) is 6.20 Å². The molecule has 3 rings (SSSR count). The quantitative estimate of drug-likeness (QED) is 0.917. The summed E-state index contributed by atoms with van der Waals surface area (Å²) >= 11 is 0. The van der Waals surface area contributed by atoms with E-state index >= 15 is 0 Å². The maximum atomic E-state index is 6.33. The third-order valence-corrected chi connectivity index (χ3v) is 3.92. The molecule has 2 aromatic rings. The van der Waals surface area contributed by atoms with Crippen molar-refractivity contribution in [1.29, 1.82) is 0 Å². The van der Waals surface area contributed by atoms with Crippen LogP contribution in [-0.2, 0) is 13.6 Å². The van der Waals surface area contributed by atoms with Crippen molar-refractivity contribution < 1.29 is 0 Å². The van der Waals surface area contributed by atoms with E-state index < -0.39 is 0 Å². The lowest BCUT2D eigenvalue weighted by molar-refractivity contribution is 0.646. The molecule has 0 amide bonds. The Morgan fingerprint density at radius 3 is 2.68 bits per heavy atom. The van der Waals surface area contributed by atoms with Crippen LogP contribution >= 0.6 is 0 Å². The lowest BCUT2D eigenvalue weighted by Crippen LogP contribution is -2.06. The Bertz CT molecular complexity index is 604. The minimum absolute atomic E-state index is 0.611. The summed E-state index contributed by atoms with van der Waals surface area (Å²) in [5.74, 6) is 2.57. The van der Waals surface area contributed by atoms with Gasteiger partial charge in [0.25, 0.3) is 0 Å². The van der Waals surface area contributed by atoms with E-state index in [1.54, 1.807) is 0 Å². The van der Waals surface area contributed by atoms with Gasteiger partial charge >= 0.3 is 0 Å². The summed E-state index contributed by atoms with van der Waals surface area (Å²) in [6.07, 6.45) is 5.42. The van der Waals surface area contributed by atoms with Crippen molar-refractivity contribution in [2.45, 2.75) is 45.6 Å². The summed E-state index contributed by atoms with van der Waals surface area (Å²) in [7, 11) is 1.94. The number of nitrogens with zero attached hydrogens (tertiary/aromatic N) is 4. The number of aromatic nitrogens is 4. The Hall–Kier alpha value is -1.78.